The number of rotatable bonds is 1. The summed E-state index contributed by atoms with van der Waals surface area (Å²) in [6, 6.07) is 4.78. The maximum Gasteiger partial charge on any atom is 0.410 e. The summed E-state index contributed by atoms with van der Waals surface area (Å²) >= 11 is 0. The Labute approximate surface area is 145 Å². The lowest BCUT2D eigenvalue weighted by molar-refractivity contribution is -0.0771. The molecule has 25 heavy (non-hydrogen) atoms. The number of fused-ring (bicyclic) bond motifs is 1. The minimum atomic E-state index is -2.91. The third-order valence-corrected chi connectivity index (χ3v) is 4.50. The van der Waals surface area contributed by atoms with E-state index in [0.29, 0.717) is 23.2 Å². The van der Waals surface area contributed by atoms with Gasteiger partial charge in [-0.1, -0.05) is 12.1 Å². The second kappa shape index (κ2) is 5.97. The molecule has 7 heteroatoms. The maximum absolute atomic E-state index is 14.5. The van der Waals surface area contributed by atoms with Crippen LogP contribution in [0, 0.1) is 0 Å². The molecule has 0 spiro atoms. The van der Waals surface area contributed by atoms with Crippen LogP contribution in [0.1, 0.15) is 54.6 Å². The van der Waals surface area contributed by atoms with Crippen LogP contribution < -0.4 is 5.32 Å². The fraction of sp³-hybridized carbons (Fsp3) is 0.556. The summed E-state index contributed by atoms with van der Waals surface area (Å²) < 4.78 is 34.3. The molecule has 0 bridgehead atoms. The van der Waals surface area contributed by atoms with Crippen LogP contribution in [0.25, 0.3) is 0 Å². The van der Waals surface area contributed by atoms with E-state index in [0.717, 1.165) is 0 Å². The number of hydrogen-bond acceptors (Lipinski definition) is 3. The monoisotopic (exact) mass is 352 g/mol. The molecule has 5 nitrogen and oxygen atoms in total. The SMILES string of the molecule is CC(C)(C)OC(=O)N1CCC(F)(F)C(c2ccc3c(c2)CNC3=O)C1. The van der Waals surface area contributed by atoms with Crippen molar-refractivity contribution in [2.45, 2.75) is 51.2 Å². The number of ether oxygens (including phenoxy) is 1. The molecular formula is C18H22F2N2O3. The number of nitrogens with one attached hydrogen (secondary N) is 1. The number of alkyl halides is 2. The first kappa shape index (κ1) is 17.6. The molecule has 136 valence electrons. The van der Waals surface area contributed by atoms with Crippen LogP contribution in [0.3, 0.4) is 0 Å². The Morgan fingerprint density at radius 1 is 1.36 bits per heavy atom. The van der Waals surface area contributed by atoms with Crippen molar-refractivity contribution < 1.29 is 23.1 Å². The molecular weight excluding hydrogens is 330 g/mol. The van der Waals surface area contributed by atoms with Crippen molar-refractivity contribution in [2.75, 3.05) is 13.1 Å². The Hall–Kier alpha value is -2.18. The van der Waals surface area contributed by atoms with Gasteiger partial charge in [-0.3, -0.25) is 4.79 Å². The largest absolute Gasteiger partial charge is 0.444 e. The molecule has 0 aromatic heterocycles. The molecule has 1 unspecified atom stereocenters. The number of carbonyl (C=O) groups is 2. The highest BCUT2D eigenvalue weighted by Crippen LogP contribution is 2.41. The first-order valence-corrected chi connectivity index (χ1v) is 8.33. The third-order valence-electron chi connectivity index (χ3n) is 4.50. The molecule has 1 aromatic rings. The fourth-order valence-electron chi connectivity index (χ4n) is 3.21. The number of benzene rings is 1. The van der Waals surface area contributed by atoms with E-state index < -0.39 is 30.0 Å². The topological polar surface area (TPSA) is 58.6 Å². The van der Waals surface area contributed by atoms with Crippen LogP contribution in [0.2, 0.25) is 0 Å². The highest BCUT2D eigenvalue weighted by molar-refractivity contribution is 5.98. The molecule has 3 rings (SSSR count). The second-order valence-corrected chi connectivity index (χ2v) is 7.59. The fourth-order valence-corrected chi connectivity index (χ4v) is 3.21. The first-order chi connectivity index (χ1) is 11.6. The summed E-state index contributed by atoms with van der Waals surface area (Å²) in [6.07, 6.45) is -0.989. The Kier molecular flexibility index (Phi) is 4.21. The molecule has 2 amide bonds. The van der Waals surface area contributed by atoms with Crippen molar-refractivity contribution in [3.63, 3.8) is 0 Å². The van der Waals surface area contributed by atoms with Crippen LogP contribution in [-0.2, 0) is 11.3 Å². The molecule has 1 saturated heterocycles. The van der Waals surface area contributed by atoms with Crippen LogP contribution in [0.5, 0.6) is 0 Å². The zero-order chi connectivity index (χ0) is 18.4. The van der Waals surface area contributed by atoms with E-state index in [1.54, 1.807) is 39.0 Å². The Morgan fingerprint density at radius 3 is 2.76 bits per heavy atom. The second-order valence-electron chi connectivity index (χ2n) is 7.59. The van der Waals surface area contributed by atoms with E-state index in [-0.39, 0.29) is 19.0 Å². The summed E-state index contributed by atoms with van der Waals surface area (Å²) in [7, 11) is 0. The summed E-state index contributed by atoms with van der Waals surface area (Å²) in [5.41, 5.74) is 1.000. The Balaban J connectivity index is 1.83. The summed E-state index contributed by atoms with van der Waals surface area (Å²) in [6.45, 7) is 5.42. The van der Waals surface area contributed by atoms with Gasteiger partial charge in [-0.15, -0.1) is 0 Å². The van der Waals surface area contributed by atoms with Crippen molar-refractivity contribution in [1.29, 1.82) is 0 Å². The molecule has 0 radical (unpaired) electrons. The highest BCUT2D eigenvalue weighted by atomic mass is 19.3. The summed E-state index contributed by atoms with van der Waals surface area (Å²) in [4.78, 5) is 25.2. The molecule has 1 fully saturated rings. The lowest BCUT2D eigenvalue weighted by atomic mass is 9.86. The van der Waals surface area contributed by atoms with Gasteiger partial charge >= 0.3 is 6.09 Å². The number of piperidine rings is 1. The highest BCUT2D eigenvalue weighted by Gasteiger charge is 2.46. The van der Waals surface area contributed by atoms with Crippen LogP contribution >= 0.6 is 0 Å². The van der Waals surface area contributed by atoms with Gasteiger partial charge in [0.25, 0.3) is 11.8 Å². The predicted octanol–water partition coefficient (Wildman–Crippen LogP) is 3.29. The molecule has 1 N–H and O–H groups in total. The van der Waals surface area contributed by atoms with Crippen LogP contribution in [-0.4, -0.2) is 41.5 Å². The standard InChI is InChI=1S/C18H22F2N2O3/c1-17(2,3)25-16(24)22-7-6-18(19,20)14(10-22)11-4-5-13-12(8-11)9-21-15(13)23/h4-5,8,14H,6-7,9-10H2,1-3H3,(H,21,23). The number of hydrogen-bond donors (Lipinski definition) is 1. The van der Waals surface area contributed by atoms with Gasteiger partial charge in [0.05, 0.1) is 5.92 Å². The van der Waals surface area contributed by atoms with Gasteiger partial charge in [0.1, 0.15) is 5.60 Å². The Morgan fingerprint density at radius 2 is 2.08 bits per heavy atom. The van der Waals surface area contributed by atoms with Crippen molar-refractivity contribution >= 4 is 12.0 Å². The normalized spacial score (nSPS) is 22.4. The minimum absolute atomic E-state index is 0.0383. The van der Waals surface area contributed by atoms with Gasteiger partial charge in [0, 0.05) is 31.6 Å². The smallest absolute Gasteiger partial charge is 0.410 e. The molecule has 2 aliphatic heterocycles. The zero-order valence-corrected chi connectivity index (χ0v) is 14.6. The van der Waals surface area contributed by atoms with E-state index in [4.69, 9.17) is 4.74 Å². The molecule has 2 heterocycles. The van der Waals surface area contributed by atoms with Crippen LogP contribution in [0.15, 0.2) is 18.2 Å². The average molecular weight is 352 g/mol. The Bertz CT molecular complexity index is 713. The first-order valence-electron chi connectivity index (χ1n) is 8.33. The number of amides is 2. The van der Waals surface area contributed by atoms with Crippen molar-refractivity contribution in [3.05, 3.63) is 34.9 Å². The van der Waals surface area contributed by atoms with E-state index in [2.05, 4.69) is 5.32 Å². The lowest BCUT2D eigenvalue weighted by Crippen LogP contribution is -2.49. The van der Waals surface area contributed by atoms with Gasteiger partial charge in [0.2, 0.25) is 0 Å². The molecule has 0 saturated carbocycles. The summed E-state index contributed by atoms with van der Waals surface area (Å²) in [5, 5.41) is 2.68. The minimum Gasteiger partial charge on any atom is -0.444 e. The van der Waals surface area contributed by atoms with Gasteiger partial charge in [-0.25, -0.2) is 13.6 Å². The van der Waals surface area contributed by atoms with Gasteiger partial charge < -0.3 is 15.0 Å². The number of nitrogens with zero attached hydrogens (tertiary/aromatic N) is 1. The molecule has 1 aromatic carbocycles. The number of likely N-dealkylation sites (tertiary alicyclic amines) is 1. The zero-order valence-electron chi connectivity index (χ0n) is 14.6. The number of carbonyl (C=O) groups excluding carboxylic acids is 2. The van der Waals surface area contributed by atoms with Crippen molar-refractivity contribution in [2.24, 2.45) is 0 Å². The predicted molar refractivity (Wildman–Crippen MR) is 87.7 cm³/mol. The van der Waals surface area contributed by atoms with E-state index in [9.17, 15) is 18.4 Å². The van der Waals surface area contributed by atoms with Gasteiger partial charge in [-0.05, 0) is 38.0 Å². The molecule has 2 aliphatic rings. The average Bonchev–Trinajstić information content (AvgIpc) is 2.86. The quantitative estimate of drug-likeness (QED) is 0.844. The van der Waals surface area contributed by atoms with E-state index in [1.807, 2.05) is 0 Å². The third kappa shape index (κ3) is 3.60. The van der Waals surface area contributed by atoms with Crippen molar-refractivity contribution in [3.8, 4) is 0 Å². The maximum atomic E-state index is 14.5. The lowest BCUT2D eigenvalue weighted by Gasteiger charge is -2.39. The number of halogens is 2. The molecule has 1 atom stereocenters. The van der Waals surface area contributed by atoms with Gasteiger partial charge in [-0.2, -0.15) is 0 Å². The van der Waals surface area contributed by atoms with E-state index in [1.165, 1.54) is 4.90 Å². The molecule has 0 aliphatic carbocycles. The van der Waals surface area contributed by atoms with Crippen molar-refractivity contribution in [1.82, 2.24) is 10.2 Å². The summed E-state index contributed by atoms with van der Waals surface area (Å²) in [5.74, 6) is -4.22. The van der Waals surface area contributed by atoms with Gasteiger partial charge in [0.15, 0.2) is 0 Å². The van der Waals surface area contributed by atoms with Crippen LogP contribution in [0.4, 0.5) is 13.6 Å². The van der Waals surface area contributed by atoms with E-state index >= 15 is 0 Å².